The predicted octanol–water partition coefficient (Wildman–Crippen LogP) is -4.36. The molecular formula is C13H25NO9. The van der Waals surface area contributed by atoms with E-state index in [2.05, 4.69) is 0 Å². The second-order valence-electron chi connectivity index (χ2n) is 5.97. The zero-order valence-electron chi connectivity index (χ0n) is 12.7. The fraction of sp³-hybridized carbons (Fsp3) is 1.00. The first-order chi connectivity index (χ1) is 10.8. The Balaban J connectivity index is 1.94. The fourth-order valence-electron chi connectivity index (χ4n) is 2.70. The molecule has 2 aliphatic heterocycles. The van der Waals surface area contributed by atoms with E-state index >= 15 is 0 Å². The monoisotopic (exact) mass is 339 g/mol. The van der Waals surface area contributed by atoms with E-state index in [9.17, 15) is 25.5 Å². The molecule has 2 fully saturated rings. The molecule has 10 heteroatoms. The van der Waals surface area contributed by atoms with Gasteiger partial charge in [0.2, 0.25) is 0 Å². The largest absolute Gasteiger partial charge is 0.394 e. The number of aliphatic hydroxyl groups excluding tert-OH is 6. The summed E-state index contributed by atoms with van der Waals surface area (Å²) in [4.78, 5) is 0. The smallest absolute Gasteiger partial charge is 0.186 e. The summed E-state index contributed by atoms with van der Waals surface area (Å²) in [5.74, 6) is 0. The van der Waals surface area contributed by atoms with Crippen LogP contribution in [0.4, 0.5) is 0 Å². The molecule has 10 nitrogen and oxygen atoms in total. The highest BCUT2D eigenvalue weighted by molar-refractivity contribution is 4.93. The van der Waals surface area contributed by atoms with Gasteiger partial charge in [-0.05, 0) is 6.92 Å². The maximum Gasteiger partial charge on any atom is 0.186 e. The van der Waals surface area contributed by atoms with Crippen molar-refractivity contribution in [3.05, 3.63) is 0 Å². The number of hydrogen-bond acceptors (Lipinski definition) is 10. The maximum atomic E-state index is 9.95. The van der Waals surface area contributed by atoms with Crippen molar-refractivity contribution in [1.82, 2.24) is 0 Å². The van der Waals surface area contributed by atoms with Crippen molar-refractivity contribution in [1.29, 1.82) is 0 Å². The molecule has 8 N–H and O–H groups in total. The van der Waals surface area contributed by atoms with Gasteiger partial charge in [0.05, 0.1) is 25.4 Å². The third-order valence-corrected chi connectivity index (χ3v) is 4.33. The van der Waals surface area contributed by atoms with Crippen molar-refractivity contribution in [3.8, 4) is 0 Å². The van der Waals surface area contributed by atoms with E-state index < -0.39 is 67.8 Å². The SMILES string of the molecule is C[C@H]1OC(CO[C@H]2OC(CO)[C@H](O)C(O)[C@@H]2O)[C@@H](O)C(O)[C@@H]1N. The second kappa shape index (κ2) is 7.66. The van der Waals surface area contributed by atoms with Crippen LogP contribution in [0.5, 0.6) is 0 Å². The molecule has 2 heterocycles. The lowest BCUT2D eigenvalue weighted by atomic mass is 9.94. The topological polar surface area (TPSA) is 175 Å². The van der Waals surface area contributed by atoms with Crippen LogP contribution >= 0.6 is 0 Å². The molecule has 0 aromatic carbocycles. The Labute approximate surface area is 133 Å². The number of nitrogens with two attached hydrogens (primary N) is 1. The molecule has 4 unspecified atom stereocenters. The lowest BCUT2D eigenvalue weighted by molar-refractivity contribution is -0.311. The van der Waals surface area contributed by atoms with E-state index in [1.54, 1.807) is 6.92 Å². The van der Waals surface area contributed by atoms with Crippen LogP contribution < -0.4 is 5.73 Å². The molecule has 0 aliphatic carbocycles. The standard InChI is InChI=1S/C13H25NO9/c1-4-7(14)10(18)9(17)6(22-4)3-21-13-12(20)11(19)8(16)5(2-15)23-13/h4-13,15-20H,2-3,14H2,1H3/t4-,5?,6?,7-,8+,9-,10?,11?,12+,13+/m1/s1. The minimum Gasteiger partial charge on any atom is -0.394 e. The highest BCUT2D eigenvalue weighted by Crippen LogP contribution is 2.24. The van der Waals surface area contributed by atoms with E-state index in [1.807, 2.05) is 0 Å². The molecule has 0 saturated carbocycles. The van der Waals surface area contributed by atoms with E-state index in [-0.39, 0.29) is 6.61 Å². The van der Waals surface area contributed by atoms with Gasteiger partial charge in [-0.2, -0.15) is 0 Å². The zero-order valence-corrected chi connectivity index (χ0v) is 12.7. The number of hydrogen-bond donors (Lipinski definition) is 7. The van der Waals surface area contributed by atoms with Crippen molar-refractivity contribution in [2.45, 2.75) is 68.1 Å². The summed E-state index contributed by atoms with van der Waals surface area (Å²) in [6.45, 7) is 0.816. The van der Waals surface area contributed by atoms with Gasteiger partial charge in [0.1, 0.15) is 42.7 Å². The van der Waals surface area contributed by atoms with Crippen LogP contribution in [0.1, 0.15) is 6.92 Å². The van der Waals surface area contributed by atoms with Crippen LogP contribution in [0.3, 0.4) is 0 Å². The minimum atomic E-state index is -1.55. The quantitative estimate of drug-likeness (QED) is 0.265. The Morgan fingerprint density at radius 1 is 0.870 bits per heavy atom. The summed E-state index contributed by atoms with van der Waals surface area (Å²) >= 11 is 0. The molecule has 0 amide bonds. The van der Waals surface area contributed by atoms with Crippen molar-refractivity contribution in [2.75, 3.05) is 13.2 Å². The van der Waals surface area contributed by atoms with Gasteiger partial charge in [0, 0.05) is 0 Å². The van der Waals surface area contributed by atoms with Gasteiger partial charge < -0.3 is 50.6 Å². The normalized spacial score (nSPS) is 51.7. The van der Waals surface area contributed by atoms with Gasteiger partial charge in [-0.3, -0.25) is 0 Å². The van der Waals surface area contributed by atoms with Crippen molar-refractivity contribution in [2.24, 2.45) is 5.73 Å². The highest BCUT2D eigenvalue weighted by Gasteiger charge is 2.46. The molecular weight excluding hydrogens is 314 g/mol. The average molecular weight is 339 g/mol. The van der Waals surface area contributed by atoms with E-state index in [0.717, 1.165) is 0 Å². The summed E-state index contributed by atoms with van der Waals surface area (Å²) < 4.78 is 15.9. The van der Waals surface area contributed by atoms with Gasteiger partial charge in [0.15, 0.2) is 6.29 Å². The Kier molecular flexibility index (Phi) is 6.30. The van der Waals surface area contributed by atoms with Crippen molar-refractivity contribution in [3.63, 3.8) is 0 Å². The number of ether oxygens (including phenoxy) is 3. The van der Waals surface area contributed by atoms with Crippen molar-refractivity contribution >= 4 is 0 Å². The fourth-order valence-corrected chi connectivity index (χ4v) is 2.70. The summed E-state index contributed by atoms with van der Waals surface area (Å²) in [5.41, 5.74) is 5.68. The Morgan fingerprint density at radius 2 is 1.48 bits per heavy atom. The van der Waals surface area contributed by atoms with Crippen LogP contribution in [0.2, 0.25) is 0 Å². The first-order valence-corrected chi connectivity index (χ1v) is 7.47. The molecule has 0 spiro atoms. The Morgan fingerprint density at radius 3 is 2.09 bits per heavy atom. The van der Waals surface area contributed by atoms with Gasteiger partial charge in [-0.1, -0.05) is 0 Å². The number of rotatable bonds is 4. The molecule has 0 aromatic rings. The van der Waals surface area contributed by atoms with Crippen LogP contribution in [0, 0.1) is 0 Å². The van der Waals surface area contributed by atoms with Crippen LogP contribution in [0.15, 0.2) is 0 Å². The molecule has 136 valence electrons. The molecule has 10 atom stereocenters. The average Bonchev–Trinajstić information content (AvgIpc) is 2.54. The predicted molar refractivity (Wildman–Crippen MR) is 74.0 cm³/mol. The van der Waals surface area contributed by atoms with Crippen molar-refractivity contribution < 1.29 is 44.8 Å². The molecule has 2 saturated heterocycles. The summed E-state index contributed by atoms with van der Waals surface area (Å²) in [6.07, 6.45) is -10.9. The first kappa shape index (κ1) is 18.9. The molecule has 2 rings (SSSR count). The summed E-state index contributed by atoms with van der Waals surface area (Å²) in [6, 6.07) is -0.742. The summed E-state index contributed by atoms with van der Waals surface area (Å²) in [5, 5.41) is 58.1. The summed E-state index contributed by atoms with van der Waals surface area (Å²) in [7, 11) is 0. The third-order valence-electron chi connectivity index (χ3n) is 4.33. The Bertz CT molecular complexity index is 384. The van der Waals surface area contributed by atoms with Gasteiger partial charge in [-0.15, -0.1) is 0 Å². The van der Waals surface area contributed by atoms with Gasteiger partial charge in [-0.25, -0.2) is 0 Å². The van der Waals surface area contributed by atoms with E-state index in [1.165, 1.54) is 0 Å². The molecule has 0 radical (unpaired) electrons. The lowest BCUT2D eigenvalue weighted by Gasteiger charge is -2.42. The Hall–Kier alpha value is -0.400. The second-order valence-corrected chi connectivity index (χ2v) is 5.97. The molecule has 0 aromatic heterocycles. The molecule has 0 bridgehead atoms. The van der Waals surface area contributed by atoms with E-state index in [0.29, 0.717) is 0 Å². The maximum absolute atomic E-state index is 9.95. The lowest BCUT2D eigenvalue weighted by Crippen LogP contribution is -2.62. The van der Waals surface area contributed by atoms with Crippen LogP contribution in [-0.4, -0.2) is 105 Å². The minimum absolute atomic E-state index is 0.252. The van der Waals surface area contributed by atoms with Gasteiger partial charge in [0.25, 0.3) is 0 Å². The first-order valence-electron chi connectivity index (χ1n) is 7.47. The van der Waals surface area contributed by atoms with E-state index in [4.69, 9.17) is 25.1 Å². The molecule has 2 aliphatic rings. The molecule has 23 heavy (non-hydrogen) atoms. The van der Waals surface area contributed by atoms with Crippen LogP contribution in [-0.2, 0) is 14.2 Å². The van der Waals surface area contributed by atoms with Crippen LogP contribution in [0.25, 0.3) is 0 Å². The highest BCUT2D eigenvalue weighted by atomic mass is 16.7. The number of aliphatic hydroxyl groups is 6. The third kappa shape index (κ3) is 3.82. The zero-order chi connectivity index (χ0) is 17.3. The van der Waals surface area contributed by atoms with Gasteiger partial charge >= 0.3 is 0 Å².